The van der Waals surface area contributed by atoms with Crippen LogP contribution in [-0.2, 0) is 9.59 Å². The number of amides is 1. The molecule has 0 aromatic heterocycles. The summed E-state index contributed by atoms with van der Waals surface area (Å²) in [6.45, 7) is 3.01. The van der Waals surface area contributed by atoms with Crippen LogP contribution in [0.1, 0.15) is 6.42 Å². The van der Waals surface area contributed by atoms with E-state index in [0.29, 0.717) is 19.0 Å². The molecular formula is C10H14N2O3. The number of nitrogens with one attached hydrogen (secondary N) is 1. The summed E-state index contributed by atoms with van der Waals surface area (Å²) in [7, 11) is 0. The fourth-order valence-electron chi connectivity index (χ4n) is 2.12. The van der Waals surface area contributed by atoms with E-state index in [2.05, 4.69) is 11.4 Å². The molecule has 0 bridgehead atoms. The molecule has 2 heterocycles. The Bertz CT molecular complexity index is 325. The van der Waals surface area contributed by atoms with Crippen LogP contribution < -0.4 is 5.32 Å². The zero-order valence-electron chi connectivity index (χ0n) is 8.40. The molecule has 2 N–H and O–H groups in total. The second-order valence-corrected chi connectivity index (χ2v) is 3.98. The van der Waals surface area contributed by atoms with E-state index in [0.717, 1.165) is 13.1 Å². The molecule has 0 aromatic rings. The average Bonchev–Trinajstić information content (AvgIpc) is 2.59. The van der Waals surface area contributed by atoms with Crippen LogP contribution in [0, 0.1) is 5.92 Å². The van der Waals surface area contributed by atoms with Gasteiger partial charge >= 0.3 is 5.97 Å². The molecule has 5 heteroatoms. The Labute approximate surface area is 87.7 Å². The maximum absolute atomic E-state index is 11.5. The summed E-state index contributed by atoms with van der Waals surface area (Å²) >= 11 is 0. The van der Waals surface area contributed by atoms with Crippen molar-refractivity contribution in [1.82, 2.24) is 10.2 Å². The third-order valence-corrected chi connectivity index (χ3v) is 2.89. The molecule has 2 aliphatic heterocycles. The van der Waals surface area contributed by atoms with Gasteiger partial charge < -0.3 is 15.3 Å². The molecule has 2 aliphatic rings. The van der Waals surface area contributed by atoms with Gasteiger partial charge in [-0.3, -0.25) is 9.59 Å². The van der Waals surface area contributed by atoms with Crippen molar-refractivity contribution < 1.29 is 14.7 Å². The standard InChI is InChI=1S/C10H14N2O3/c13-9(3-10(14)15)12-5-7-1-2-11-4-8(7)6-12/h1,8,11H,2-6H2,(H,14,15). The first-order valence-corrected chi connectivity index (χ1v) is 5.06. The number of carbonyl (C=O) groups is 2. The van der Waals surface area contributed by atoms with Gasteiger partial charge in [0.1, 0.15) is 6.42 Å². The quantitative estimate of drug-likeness (QED) is 0.474. The van der Waals surface area contributed by atoms with Gasteiger partial charge in [0.25, 0.3) is 0 Å². The SMILES string of the molecule is O=C(O)CC(=O)N1CC2=CCNCC2C1. The highest BCUT2D eigenvalue weighted by atomic mass is 16.4. The second-order valence-electron chi connectivity index (χ2n) is 3.98. The Morgan fingerprint density at radius 2 is 2.40 bits per heavy atom. The lowest BCUT2D eigenvalue weighted by molar-refractivity contribution is -0.143. The van der Waals surface area contributed by atoms with Gasteiger partial charge in [-0.1, -0.05) is 6.08 Å². The lowest BCUT2D eigenvalue weighted by Gasteiger charge is -2.16. The number of carbonyl (C=O) groups excluding carboxylic acids is 1. The summed E-state index contributed by atoms with van der Waals surface area (Å²) in [6.07, 6.45) is 1.70. The minimum atomic E-state index is -1.05. The number of carboxylic acid groups (broad SMARTS) is 1. The smallest absolute Gasteiger partial charge is 0.312 e. The van der Waals surface area contributed by atoms with Crippen LogP contribution in [0.5, 0.6) is 0 Å². The lowest BCUT2D eigenvalue weighted by Crippen LogP contribution is -2.32. The molecule has 1 atom stereocenters. The third kappa shape index (κ3) is 2.18. The number of rotatable bonds is 2. The first-order valence-electron chi connectivity index (χ1n) is 5.06. The number of hydrogen-bond donors (Lipinski definition) is 2. The monoisotopic (exact) mass is 210 g/mol. The summed E-state index contributed by atoms with van der Waals surface area (Å²) in [4.78, 5) is 23.5. The van der Waals surface area contributed by atoms with E-state index in [1.807, 2.05) is 0 Å². The Balaban J connectivity index is 1.97. The molecule has 5 nitrogen and oxygen atoms in total. The Kier molecular flexibility index (Phi) is 2.73. The number of likely N-dealkylation sites (tertiary alicyclic amines) is 1. The first kappa shape index (κ1) is 10.2. The van der Waals surface area contributed by atoms with Crippen molar-refractivity contribution in [1.29, 1.82) is 0 Å². The zero-order valence-corrected chi connectivity index (χ0v) is 8.40. The molecule has 2 rings (SSSR count). The second kappa shape index (κ2) is 4.02. The van der Waals surface area contributed by atoms with Crippen molar-refractivity contribution in [3.8, 4) is 0 Å². The molecular weight excluding hydrogens is 196 g/mol. The molecule has 0 aliphatic carbocycles. The van der Waals surface area contributed by atoms with Gasteiger partial charge in [0.2, 0.25) is 5.91 Å². The number of carboxylic acids is 1. The maximum Gasteiger partial charge on any atom is 0.312 e. The van der Waals surface area contributed by atoms with Crippen molar-refractivity contribution in [3.05, 3.63) is 11.6 Å². The fraction of sp³-hybridized carbons (Fsp3) is 0.600. The minimum Gasteiger partial charge on any atom is -0.481 e. The van der Waals surface area contributed by atoms with Gasteiger partial charge in [-0.2, -0.15) is 0 Å². The summed E-state index contributed by atoms with van der Waals surface area (Å²) in [5.41, 5.74) is 1.27. The molecule has 1 fully saturated rings. The molecule has 1 unspecified atom stereocenters. The molecule has 1 saturated heterocycles. The van der Waals surface area contributed by atoms with Crippen molar-refractivity contribution in [2.45, 2.75) is 6.42 Å². The normalized spacial score (nSPS) is 24.7. The highest BCUT2D eigenvalue weighted by molar-refractivity contribution is 5.93. The Hall–Kier alpha value is -1.36. The largest absolute Gasteiger partial charge is 0.481 e. The van der Waals surface area contributed by atoms with E-state index >= 15 is 0 Å². The van der Waals surface area contributed by atoms with Crippen LogP contribution in [-0.4, -0.2) is 48.1 Å². The predicted octanol–water partition coefficient (Wildman–Crippen LogP) is -0.551. The molecule has 0 radical (unpaired) electrons. The highest BCUT2D eigenvalue weighted by Crippen LogP contribution is 2.24. The van der Waals surface area contributed by atoms with E-state index in [1.54, 1.807) is 4.90 Å². The summed E-state index contributed by atoms with van der Waals surface area (Å²) in [6, 6.07) is 0. The average molecular weight is 210 g/mol. The Morgan fingerprint density at radius 1 is 1.60 bits per heavy atom. The minimum absolute atomic E-state index is 0.280. The maximum atomic E-state index is 11.5. The van der Waals surface area contributed by atoms with Crippen LogP contribution in [0.4, 0.5) is 0 Å². The molecule has 0 aromatic carbocycles. The fourth-order valence-corrected chi connectivity index (χ4v) is 2.12. The highest BCUT2D eigenvalue weighted by Gasteiger charge is 2.31. The Morgan fingerprint density at radius 3 is 3.07 bits per heavy atom. The predicted molar refractivity (Wildman–Crippen MR) is 53.3 cm³/mol. The molecule has 0 spiro atoms. The van der Waals surface area contributed by atoms with Gasteiger partial charge in [-0.25, -0.2) is 0 Å². The van der Waals surface area contributed by atoms with E-state index < -0.39 is 12.4 Å². The number of hydrogen-bond acceptors (Lipinski definition) is 3. The van der Waals surface area contributed by atoms with Crippen molar-refractivity contribution >= 4 is 11.9 Å². The van der Waals surface area contributed by atoms with E-state index in [9.17, 15) is 9.59 Å². The van der Waals surface area contributed by atoms with Crippen LogP contribution in [0.2, 0.25) is 0 Å². The van der Waals surface area contributed by atoms with Gasteiger partial charge in [-0.15, -0.1) is 0 Å². The van der Waals surface area contributed by atoms with Gasteiger partial charge in [-0.05, 0) is 5.57 Å². The topological polar surface area (TPSA) is 69.6 Å². The van der Waals surface area contributed by atoms with Gasteiger partial charge in [0.15, 0.2) is 0 Å². The van der Waals surface area contributed by atoms with Gasteiger partial charge in [0.05, 0.1) is 0 Å². The van der Waals surface area contributed by atoms with E-state index in [-0.39, 0.29) is 5.91 Å². The first-order chi connectivity index (χ1) is 7.16. The third-order valence-electron chi connectivity index (χ3n) is 2.89. The van der Waals surface area contributed by atoms with Gasteiger partial charge in [0, 0.05) is 32.1 Å². The number of aliphatic carboxylic acids is 1. The molecule has 1 amide bonds. The summed E-state index contributed by atoms with van der Waals surface area (Å²) in [5.74, 6) is -0.948. The molecule has 0 saturated carbocycles. The van der Waals surface area contributed by atoms with Crippen LogP contribution in [0.25, 0.3) is 0 Å². The summed E-state index contributed by atoms with van der Waals surface area (Å²) in [5, 5.41) is 11.8. The molecule has 82 valence electrons. The van der Waals surface area contributed by atoms with Crippen LogP contribution in [0.15, 0.2) is 11.6 Å². The van der Waals surface area contributed by atoms with Crippen molar-refractivity contribution in [2.75, 3.05) is 26.2 Å². The van der Waals surface area contributed by atoms with E-state index in [4.69, 9.17) is 5.11 Å². The zero-order chi connectivity index (χ0) is 10.8. The van der Waals surface area contributed by atoms with Crippen molar-refractivity contribution in [2.24, 2.45) is 5.92 Å². The number of fused-ring (bicyclic) bond motifs is 1. The van der Waals surface area contributed by atoms with E-state index in [1.165, 1.54) is 5.57 Å². The lowest BCUT2D eigenvalue weighted by atomic mass is 10.0. The van der Waals surface area contributed by atoms with Crippen LogP contribution >= 0.6 is 0 Å². The van der Waals surface area contributed by atoms with Crippen molar-refractivity contribution in [3.63, 3.8) is 0 Å². The summed E-state index contributed by atoms with van der Waals surface area (Å²) < 4.78 is 0. The number of nitrogens with zero attached hydrogens (tertiary/aromatic N) is 1. The van der Waals surface area contributed by atoms with Crippen LogP contribution in [0.3, 0.4) is 0 Å². The molecule has 15 heavy (non-hydrogen) atoms.